The van der Waals surface area contributed by atoms with Crippen LogP contribution < -0.4 is 5.32 Å². The number of hydrogen-bond acceptors (Lipinski definition) is 5. The predicted molar refractivity (Wildman–Crippen MR) is 83.0 cm³/mol. The Balaban J connectivity index is 2.27. The molecule has 0 aliphatic carbocycles. The molecule has 1 heterocycles. The summed E-state index contributed by atoms with van der Waals surface area (Å²) in [7, 11) is -3.56. The first-order valence-corrected chi connectivity index (χ1v) is 8.60. The lowest BCUT2D eigenvalue weighted by Gasteiger charge is -2.10. The summed E-state index contributed by atoms with van der Waals surface area (Å²) in [4.78, 5) is 15.1. The minimum Gasteiger partial charge on any atom is -0.506 e. The van der Waals surface area contributed by atoms with E-state index in [1.165, 1.54) is 13.0 Å². The van der Waals surface area contributed by atoms with Crippen molar-refractivity contribution in [3.05, 3.63) is 47.8 Å². The van der Waals surface area contributed by atoms with E-state index in [-0.39, 0.29) is 27.6 Å². The van der Waals surface area contributed by atoms with E-state index >= 15 is 0 Å². The van der Waals surface area contributed by atoms with Crippen molar-refractivity contribution in [2.45, 2.75) is 18.0 Å². The molecule has 6 nitrogen and oxygen atoms in total. The monoisotopic (exact) mass is 374 g/mol. The van der Waals surface area contributed by atoms with Crippen LogP contribution in [-0.2, 0) is 16.0 Å². The molecule has 1 amide bonds. The molecular weight excluding hydrogens is 361 g/mol. The van der Waals surface area contributed by atoms with Gasteiger partial charge in [0.1, 0.15) is 11.4 Å². The molecule has 0 atom stereocenters. The van der Waals surface area contributed by atoms with Crippen LogP contribution in [0.15, 0.2) is 41.4 Å². The standard InChI is InChI=1S/C15H13F3N2O4S/c1-2-25(23,24)10-4-5-12(21)11(7-10)20-14(22)9-3-6-13(19-8-9)15(16,17)18/h3-8,21H,2H2,1H3,(H,20,22). The summed E-state index contributed by atoms with van der Waals surface area (Å²) in [6, 6.07) is 4.93. The smallest absolute Gasteiger partial charge is 0.433 e. The molecule has 0 fully saturated rings. The number of pyridine rings is 1. The lowest BCUT2D eigenvalue weighted by molar-refractivity contribution is -0.141. The number of phenols is 1. The van der Waals surface area contributed by atoms with Crippen LogP contribution in [-0.4, -0.2) is 30.2 Å². The van der Waals surface area contributed by atoms with E-state index in [1.807, 2.05) is 0 Å². The second kappa shape index (κ2) is 6.71. The molecule has 2 rings (SSSR count). The average Bonchev–Trinajstić information content (AvgIpc) is 2.56. The number of nitrogens with zero attached hydrogens (tertiary/aromatic N) is 1. The van der Waals surface area contributed by atoms with Crippen molar-refractivity contribution in [1.29, 1.82) is 0 Å². The Morgan fingerprint density at radius 2 is 1.92 bits per heavy atom. The lowest BCUT2D eigenvalue weighted by atomic mass is 10.2. The summed E-state index contributed by atoms with van der Waals surface area (Å²) < 4.78 is 61.1. The number of phenolic OH excluding ortho intramolecular Hbond substituents is 1. The minimum absolute atomic E-state index is 0.103. The Hall–Kier alpha value is -2.62. The number of nitrogens with one attached hydrogen (secondary N) is 1. The third-order valence-corrected chi connectivity index (χ3v) is 5.00. The topological polar surface area (TPSA) is 96.4 Å². The molecule has 1 aromatic heterocycles. The Bertz CT molecular complexity index is 894. The van der Waals surface area contributed by atoms with Gasteiger partial charge in [-0.3, -0.25) is 9.78 Å². The van der Waals surface area contributed by atoms with Gasteiger partial charge in [0.2, 0.25) is 0 Å². The molecule has 0 saturated heterocycles. The summed E-state index contributed by atoms with van der Waals surface area (Å²) in [5.41, 5.74) is -1.52. The highest BCUT2D eigenvalue weighted by atomic mass is 32.2. The molecule has 134 valence electrons. The van der Waals surface area contributed by atoms with Crippen LogP contribution in [0, 0.1) is 0 Å². The highest BCUT2D eigenvalue weighted by Crippen LogP contribution is 2.29. The summed E-state index contributed by atoms with van der Waals surface area (Å²) >= 11 is 0. The fourth-order valence-corrected chi connectivity index (χ4v) is 2.77. The lowest BCUT2D eigenvalue weighted by Crippen LogP contribution is -2.15. The average molecular weight is 374 g/mol. The van der Waals surface area contributed by atoms with Gasteiger partial charge in [-0.25, -0.2) is 8.42 Å². The first kappa shape index (κ1) is 18.7. The second-order valence-corrected chi connectivity index (χ2v) is 7.24. The molecule has 2 N–H and O–H groups in total. The van der Waals surface area contributed by atoms with Gasteiger partial charge in [-0.05, 0) is 30.3 Å². The van der Waals surface area contributed by atoms with Crippen LogP contribution in [0.4, 0.5) is 18.9 Å². The van der Waals surface area contributed by atoms with Crippen molar-refractivity contribution in [2.75, 3.05) is 11.1 Å². The van der Waals surface area contributed by atoms with Crippen molar-refractivity contribution in [1.82, 2.24) is 4.98 Å². The molecule has 25 heavy (non-hydrogen) atoms. The Labute approximate surface area is 141 Å². The third-order valence-electron chi connectivity index (χ3n) is 3.27. The van der Waals surface area contributed by atoms with Gasteiger partial charge < -0.3 is 10.4 Å². The maximum Gasteiger partial charge on any atom is 0.433 e. The van der Waals surface area contributed by atoms with Gasteiger partial charge in [0.25, 0.3) is 5.91 Å². The van der Waals surface area contributed by atoms with Crippen molar-refractivity contribution in [3.8, 4) is 5.75 Å². The molecule has 2 aromatic rings. The third kappa shape index (κ3) is 4.27. The number of alkyl halides is 3. The van der Waals surface area contributed by atoms with Gasteiger partial charge in [0, 0.05) is 6.20 Å². The van der Waals surface area contributed by atoms with Gasteiger partial charge in [-0.2, -0.15) is 13.2 Å². The normalized spacial score (nSPS) is 12.0. The molecule has 0 saturated carbocycles. The van der Waals surface area contributed by atoms with Crippen molar-refractivity contribution < 1.29 is 31.5 Å². The number of halogens is 3. The number of sulfone groups is 1. The number of aromatic hydroxyl groups is 1. The predicted octanol–water partition coefficient (Wildman–Crippen LogP) is 2.85. The fourth-order valence-electron chi connectivity index (χ4n) is 1.87. The van der Waals surface area contributed by atoms with E-state index in [1.54, 1.807) is 0 Å². The van der Waals surface area contributed by atoms with Crippen molar-refractivity contribution in [2.24, 2.45) is 0 Å². The van der Waals surface area contributed by atoms with Gasteiger partial charge in [-0.15, -0.1) is 0 Å². The number of rotatable bonds is 4. The Morgan fingerprint density at radius 1 is 1.24 bits per heavy atom. The molecular formula is C15H13F3N2O4S. The summed E-state index contributed by atoms with van der Waals surface area (Å²) in [6.45, 7) is 1.44. The number of amides is 1. The highest BCUT2D eigenvalue weighted by Gasteiger charge is 2.32. The number of carbonyl (C=O) groups is 1. The molecule has 0 spiro atoms. The molecule has 0 unspecified atom stereocenters. The summed E-state index contributed by atoms with van der Waals surface area (Å²) in [6.07, 6.45) is -3.89. The number of benzene rings is 1. The first-order valence-electron chi connectivity index (χ1n) is 6.95. The first-order chi connectivity index (χ1) is 11.5. The van der Waals surface area contributed by atoms with Crippen molar-refractivity contribution >= 4 is 21.4 Å². The van der Waals surface area contributed by atoms with E-state index in [2.05, 4.69) is 10.3 Å². The molecule has 0 radical (unpaired) electrons. The maximum absolute atomic E-state index is 12.5. The number of hydrogen-bond donors (Lipinski definition) is 2. The fraction of sp³-hybridized carbons (Fsp3) is 0.200. The van der Waals surface area contributed by atoms with E-state index in [0.29, 0.717) is 6.07 Å². The Morgan fingerprint density at radius 3 is 2.44 bits per heavy atom. The summed E-state index contributed by atoms with van der Waals surface area (Å²) in [5.74, 6) is -1.40. The number of carbonyl (C=O) groups excluding carboxylic acids is 1. The van der Waals surface area contributed by atoms with Crippen molar-refractivity contribution in [3.63, 3.8) is 0 Å². The van der Waals surface area contributed by atoms with Crippen LogP contribution >= 0.6 is 0 Å². The summed E-state index contributed by atoms with van der Waals surface area (Å²) in [5, 5.41) is 12.0. The maximum atomic E-state index is 12.5. The molecule has 10 heteroatoms. The van der Waals surface area contributed by atoms with Gasteiger partial charge in [0.15, 0.2) is 9.84 Å². The van der Waals surface area contributed by atoms with Crippen LogP contribution in [0.2, 0.25) is 0 Å². The van der Waals surface area contributed by atoms with E-state index in [0.717, 1.165) is 24.4 Å². The van der Waals surface area contributed by atoms with Gasteiger partial charge in [0.05, 0.1) is 21.9 Å². The molecule has 0 aliphatic heterocycles. The SMILES string of the molecule is CCS(=O)(=O)c1ccc(O)c(NC(=O)c2ccc(C(F)(F)F)nc2)c1. The van der Waals surface area contributed by atoms with E-state index < -0.39 is 27.6 Å². The van der Waals surface area contributed by atoms with Gasteiger partial charge >= 0.3 is 6.18 Å². The molecule has 0 aliphatic rings. The van der Waals surface area contributed by atoms with Gasteiger partial charge in [-0.1, -0.05) is 6.92 Å². The number of aromatic nitrogens is 1. The zero-order valence-corrected chi connectivity index (χ0v) is 13.6. The zero-order valence-electron chi connectivity index (χ0n) is 12.8. The molecule has 1 aromatic carbocycles. The molecule has 0 bridgehead atoms. The zero-order chi connectivity index (χ0) is 18.8. The van der Waals surface area contributed by atoms with Crippen LogP contribution in [0.5, 0.6) is 5.75 Å². The van der Waals surface area contributed by atoms with E-state index in [4.69, 9.17) is 0 Å². The number of anilines is 1. The van der Waals surface area contributed by atoms with Crippen LogP contribution in [0.3, 0.4) is 0 Å². The largest absolute Gasteiger partial charge is 0.506 e. The van der Waals surface area contributed by atoms with E-state index in [9.17, 15) is 31.5 Å². The van der Waals surface area contributed by atoms with Crippen LogP contribution in [0.25, 0.3) is 0 Å². The minimum atomic E-state index is -4.63. The Kier molecular flexibility index (Phi) is 5.02. The second-order valence-electron chi connectivity index (χ2n) is 4.97. The quantitative estimate of drug-likeness (QED) is 0.803. The highest BCUT2D eigenvalue weighted by molar-refractivity contribution is 7.91. The van der Waals surface area contributed by atoms with Crippen LogP contribution in [0.1, 0.15) is 23.0 Å².